The van der Waals surface area contributed by atoms with Crippen LogP contribution in [-0.2, 0) is 16.1 Å². The third-order valence-corrected chi connectivity index (χ3v) is 5.25. The van der Waals surface area contributed by atoms with Gasteiger partial charge in [0.1, 0.15) is 6.61 Å². The summed E-state index contributed by atoms with van der Waals surface area (Å²) in [6.45, 7) is 0.865. The van der Waals surface area contributed by atoms with E-state index in [1.54, 1.807) is 0 Å². The number of carbonyl (C=O) groups is 1. The average Bonchev–Trinajstić information content (AvgIpc) is 2.73. The first-order valence-corrected chi connectivity index (χ1v) is 10.5. The number of hydrogen-bond acceptors (Lipinski definition) is 3. The van der Waals surface area contributed by atoms with Crippen molar-refractivity contribution < 1.29 is 14.3 Å². The van der Waals surface area contributed by atoms with E-state index >= 15 is 0 Å². The van der Waals surface area contributed by atoms with Crippen molar-refractivity contribution in [2.75, 3.05) is 6.61 Å². The normalized spacial score (nSPS) is 19.8. The predicted molar refractivity (Wildman–Crippen MR) is 115 cm³/mol. The summed E-state index contributed by atoms with van der Waals surface area (Å²) in [4.78, 5) is 12.0. The number of ether oxygens (including phenoxy) is 2. The molecule has 5 heteroatoms. The number of alkyl carbamates (subject to hydrolysis) is 1. The Morgan fingerprint density at radius 1 is 1.00 bits per heavy atom. The maximum atomic E-state index is 12.0. The lowest BCUT2D eigenvalue weighted by atomic mass is 9.93. The monoisotopic (exact) mass is 443 g/mol. The summed E-state index contributed by atoms with van der Waals surface area (Å²) < 4.78 is 12.3. The van der Waals surface area contributed by atoms with Crippen LogP contribution in [0.5, 0.6) is 0 Å². The van der Waals surface area contributed by atoms with Gasteiger partial charge >= 0.3 is 6.09 Å². The van der Waals surface area contributed by atoms with Crippen molar-refractivity contribution in [1.82, 2.24) is 5.32 Å². The largest absolute Gasteiger partial charge is 0.445 e. The van der Waals surface area contributed by atoms with Gasteiger partial charge in [0, 0.05) is 10.5 Å². The Hall–Kier alpha value is -2.11. The highest BCUT2D eigenvalue weighted by Crippen LogP contribution is 2.23. The Kier molecular flexibility index (Phi) is 8.12. The molecule has 1 saturated carbocycles. The second-order valence-corrected chi connectivity index (χ2v) is 8.01. The molecule has 0 radical (unpaired) electrons. The fraction of sp³-hybridized carbons (Fsp3) is 0.348. The molecular formula is C23H26BrNO3. The SMILES string of the molecule is O=C(NC1CCC(OCC(Br)=Cc2ccccc2)CC1)OCc1ccccc1. The van der Waals surface area contributed by atoms with E-state index in [1.165, 1.54) is 0 Å². The number of carbonyl (C=O) groups excluding carboxylic acids is 1. The van der Waals surface area contributed by atoms with Crippen molar-refractivity contribution in [3.8, 4) is 0 Å². The van der Waals surface area contributed by atoms with Gasteiger partial charge in [-0.15, -0.1) is 0 Å². The minimum absolute atomic E-state index is 0.159. The number of hydrogen-bond donors (Lipinski definition) is 1. The van der Waals surface area contributed by atoms with Crippen molar-refractivity contribution in [3.05, 3.63) is 76.3 Å². The molecule has 0 bridgehead atoms. The second kappa shape index (κ2) is 11.0. The zero-order chi connectivity index (χ0) is 19.6. The summed E-state index contributed by atoms with van der Waals surface area (Å²) in [5, 5.41) is 2.97. The molecule has 1 fully saturated rings. The van der Waals surface area contributed by atoms with Crippen LogP contribution >= 0.6 is 15.9 Å². The minimum Gasteiger partial charge on any atom is -0.445 e. The Balaban J connectivity index is 1.33. The molecule has 0 aromatic heterocycles. The van der Waals surface area contributed by atoms with Crippen molar-refractivity contribution in [1.29, 1.82) is 0 Å². The van der Waals surface area contributed by atoms with Crippen molar-refractivity contribution >= 4 is 28.1 Å². The van der Waals surface area contributed by atoms with E-state index in [1.807, 2.05) is 48.5 Å². The fourth-order valence-corrected chi connectivity index (χ4v) is 3.67. The Labute approximate surface area is 175 Å². The summed E-state index contributed by atoms with van der Waals surface area (Å²) in [5.41, 5.74) is 2.14. The van der Waals surface area contributed by atoms with Crippen LogP contribution in [0.3, 0.4) is 0 Å². The molecule has 0 unspecified atom stereocenters. The van der Waals surface area contributed by atoms with E-state index in [0.717, 1.165) is 41.3 Å². The summed E-state index contributed by atoms with van der Waals surface area (Å²) in [5.74, 6) is 0. The van der Waals surface area contributed by atoms with Crippen molar-refractivity contribution in [2.24, 2.45) is 0 Å². The van der Waals surface area contributed by atoms with Gasteiger partial charge in [-0.1, -0.05) is 76.6 Å². The highest BCUT2D eigenvalue weighted by atomic mass is 79.9. The van der Waals surface area contributed by atoms with E-state index in [2.05, 4.69) is 39.5 Å². The lowest BCUT2D eigenvalue weighted by Gasteiger charge is -2.28. The molecular weight excluding hydrogens is 418 g/mol. The summed E-state index contributed by atoms with van der Waals surface area (Å²) in [6.07, 6.45) is 5.66. The number of halogens is 1. The van der Waals surface area contributed by atoms with Crippen LogP contribution in [0.15, 0.2) is 65.1 Å². The average molecular weight is 444 g/mol. The molecule has 1 aliphatic carbocycles. The summed E-state index contributed by atoms with van der Waals surface area (Å²) >= 11 is 3.59. The maximum absolute atomic E-state index is 12.0. The topological polar surface area (TPSA) is 47.6 Å². The first-order valence-electron chi connectivity index (χ1n) is 9.69. The van der Waals surface area contributed by atoms with Crippen molar-refractivity contribution in [2.45, 2.75) is 44.4 Å². The van der Waals surface area contributed by atoms with E-state index < -0.39 is 0 Å². The Bertz CT molecular complexity index is 756. The van der Waals surface area contributed by atoms with Gasteiger partial charge in [0.25, 0.3) is 0 Å². The lowest BCUT2D eigenvalue weighted by molar-refractivity contribution is 0.0380. The molecule has 28 heavy (non-hydrogen) atoms. The molecule has 2 aromatic carbocycles. The first-order chi connectivity index (χ1) is 13.7. The molecule has 0 heterocycles. The number of nitrogens with one attached hydrogen (secondary N) is 1. The number of rotatable bonds is 7. The van der Waals surface area contributed by atoms with Crippen LogP contribution in [-0.4, -0.2) is 24.8 Å². The minimum atomic E-state index is -0.346. The van der Waals surface area contributed by atoms with Crippen LogP contribution in [0.4, 0.5) is 4.79 Å². The van der Waals surface area contributed by atoms with Crippen LogP contribution in [0.2, 0.25) is 0 Å². The van der Waals surface area contributed by atoms with E-state index in [9.17, 15) is 4.79 Å². The zero-order valence-electron chi connectivity index (χ0n) is 15.9. The van der Waals surface area contributed by atoms with Crippen LogP contribution in [0.1, 0.15) is 36.8 Å². The van der Waals surface area contributed by atoms with Gasteiger partial charge in [-0.2, -0.15) is 0 Å². The zero-order valence-corrected chi connectivity index (χ0v) is 17.4. The molecule has 2 aromatic rings. The van der Waals surface area contributed by atoms with Gasteiger partial charge in [0.15, 0.2) is 0 Å². The molecule has 0 spiro atoms. The van der Waals surface area contributed by atoms with E-state index in [4.69, 9.17) is 9.47 Å². The summed E-state index contributed by atoms with van der Waals surface area (Å²) in [6, 6.07) is 20.0. The fourth-order valence-electron chi connectivity index (χ4n) is 3.27. The molecule has 1 amide bonds. The van der Waals surface area contributed by atoms with Gasteiger partial charge in [-0.3, -0.25) is 0 Å². The molecule has 0 atom stereocenters. The number of benzene rings is 2. The maximum Gasteiger partial charge on any atom is 0.407 e. The Morgan fingerprint density at radius 3 is 2.32 bits per heavy atom. The Morgan fingerprint density at radius 2 is 1.64 bits per heavy atom. The second-order valence-electron chi connectivity index (χ2n) is 6.99. The van der Waals surface area contributed by atoms with Crippen LogP contribution in [0, 0.1) is 0 Å². The molecule has 0 aliphatic heterocycles. The molecule has 0 saturated heterocycles. The predicted octanol–water partition coefficient (Wildman–Crippen LogP) is 5.68. The quantitative estimate of drug-likeness (QED) is 0.598. The third-order valence-electron chi connectivity index (χ3n) is 4.79. The lowest BCUT2D eigenvalue weighted by Crippen LogP contribution is -2.39. The third kappa shape index (κ3) is 7.13. The van der Waals surface area contributed by atoms with E-state index in [0.29, 0.717) is 13.2 Å². The molecule has 1 aliphatic rings. The standard InChI is InChI=1S/C23H26BrNO3/c24-20(15-18-7-3-1-4-8-18)17-27-22-13-11-21(12-14-22)25-23(26)28-16-19-9-5-2-6-10-19/h1-10,15,21-22H,11-14,16-17H2,(H,25,26). The van der Waals surface area contributed by atoms with Gasteiger partial charge in [0.05, 0.1) is 12.7 Å². The summed E-state index contributed by atoms with van der Waals surface area (Å²) in [7, 11) is 0. The molecule has 4 nitrogen and oxygen atoms in total. The van der Waals surface area contributed by atoms with Crippen molar-refractivity contribution in [3.63, 3.8) is 0 Å². The van der Waals surface area contributed by atoms with Gasteiger partial charge in [-0.25, -0.2) is 4.79 Å². The molecule has 148 valence electrons. The highest BCUT2D eigenvalue weighted by molar-refractivity contribution is 9.11. The highest BCUT2D eigenvalue weighted by Gasteiger charge is 2.23. The number of amides is 1. The van der Waals surface area contributed by atoms with Crippen LogP contribution < -0.4 is 5.32 Å². The molecule has 1 N–H and O–H groups in total. The van der Waals surface area contributed by atoms with Crippen LogP contribution in [0.25, 0.3) is 6.08 Å². The van der Waals surface area contributed by atoms with Gasteiger partial charge < -0.3 is 14.8 Å². The van der Waals surface area contributed by atoms with Gasteiger partial charge in [0.2, 0.25) is 0 Å². The first kappa shape index (κ1) is 20.6. The molecule has 3 rings (SSSR count). The van der Waals surface area contributed by atoms with Gasteiger partial charge in [-0.05, 0) is 42.9 Å². The van der Waals surface area contributed by atoms with E-state index in [-0.39, 0.29) is 18.2 Å². The smallest absolute Gasteiger partial charge is 0.407 e.